The average Bonchev–Trinajstić information content (AvgIpc) is 3.94. The maximum Gasteiger partial charge on any atom is 0.252 e. The molecule has 4 heterocycles. The molecule has 1 aromatic carbocycles. The molecule has 0 saturated heterocycles. The number of hydrogen-bond acceptors (Lipinski definition) is 16. The zero-order valence-corrected chi connectivity index (χ0v) is 31.9. The number of thiazole rings is 2. The predicted molar refractivity (Wildman–Crippen MR) is 202 cm³/mol. The average molecular weight is 745 g/mol. The molecule has 0 aliphatic rings. The van der Waals surface area contributed by atoms with Crippen molar-refractivity contribution in [2.24, 2.45) is 20.5 Å². The lowest BCUT2D eigenvalue weighted by molar-refractivity contribution is 0.737. The number of hydrogen-bond donors (Lipinski definition) is 0. The smallest absolute Gasteiger partial charge is 0.252 e. The summed E-state index contributed by atoms with van der Waals surface area (Å²) < 4.78 is 3.08. The molecule has 5 rings (SSSR count). The van der Waals surface area contributed by atoms with Gasteiger partial charge in [-0.25, -0.2) is 9.97 Å². The van der Waals surface area contributed by atoms with Crippen LogP contribution in [0.25, 0.3) is 0 Å². The van der Waals surface area contributed by atoms with E-state index in [0.29, 0.717) is 22.1 Å². The van der Waals surface area contributed by atoms with E-state index in [0.717, 1.165) is 53.3 Å². The van der Waals surface area contributed by atoms with Crippen LogP contribution in [0.2, 0.25) is 0 Å². The van der Waals surface area contributed by atoms with Crippen LogP contribution >= 0.6 is 22.7 Å². The molecular formula is C35H36N16S2. The number of benzene rings is 1. The molecule has 0 aliphatic carbocycles. The first-order valence-electron chi connectivity index (χ1n) is 17.0. The topological polar surface area (TPSA) is 212 Å². The quantitative estimate of drug-likeness (QED) is 0.0943. The SMILES string of the molecule is CCc1nc(N(CC)CC)sc1N=Nc1nc(C#N)c(C#N)n1Cc1ccccc1Cn1c(N=Nc2sc(N(CC)CC)nc2C)nc(C#N)c1C#N. The molecule has 0 spiro atoms. The van der Waals surface area contributed by atoms with E-state index >= 15 is 0 Å². The molecule has 0 atom stereocenters. The van der Waals surface area contributed by atoms with Gasteiger partial charge in [0.2, 0.25) is 0 Å². The van der Waals surface area contributed by atoms with E-state index in [9.17, 15) is 21.0 Å². The molecule has 18 heteroatoms. The van der Waals surface area contributed by atoms with E-state index in [4.69, 9.17) is 4.98 Å². The number of nitriles is 4. The zero-order valence-electron chi connectivity index (χ0n) is 30.2. The van der Waals surface area contributed by atoms with Gasteiger partial charge in [-0.05, 0) is 52.2 Å². The molecule has 0 bridgehead atoms. The van der Waals surface area contributed by atoms with Gasteiger partial charge in [-0.15, -0.1) is 20.5 Å². The Kier molecular flexibility index (Phi) is 12.3. The maximum atomic E-state index is 10.1. The Balaban J connectivity index is 1.52. The maximum absolute atomic E-state index is 10.1. The molecule has 0 unspecified atom stereocenters. The molecule has 0 radical (unpaired) electrons. The fourth-order valence-corrected chi connectivity index (χ4v) is 7.59. The van der Waals surface area contributed by atoms with Crippen LogP contribution in [0.15, 0.2) is 44.7 Å². The summed E-state index contributed by atoms with van der Waals surface area (Å²) in [6.07, 6.45) is 0.649. The Morgan fingerprint density at radius 3 is 1.51 bits per heavy atom. The highest BCUT2D eigenvalue weighted by molar-refractivity contribution is 7.19. The molecule has 53 heavy (non-hydrogen) atoms. The van der Waals surface area contributed by atoms with Crippen molar-refractivity contribution in [2.75, 3.05) is 36.0 Å². The third-order valence-corrected chi connectivity index (χ3v) is 10.5. The van der Waals surface area contributed by atoms with E-state index in [1.807, 2.05) is 50.3 Å². The second kappa shape index (κ2) is 17.2. The molecule has 0 aliphatic heterocycles. The second-order valence-electron chi connectivity index (χ2n) is 11.3. The van der Waals surface area contributed by atoms with E-state index in [1.54, 1.807) is 4.57 Å². The number of aromatic nitrogens is 6. The summed E-state index contributed by atoms with van der Waals surface area (Å²) in [6, 6.07) is 15.6. The lowest BCUT2D eigenvalue weighted by Crippen LogP contribution is -2.21. The van der Waals surface area contributed by atoms with Crippen molar-refractivity contribution in [1.82, 2.24) is 29.1 Å². The molecule has 0 saturated carbocycles. The van der Waals surface area contributed by atoms with Crippen LogP contribution in [-0.4, -0.2) is 55.2 Å². The van der Waals surface area contributed by atoms with Gasteiger partial charge < -0.3 is 9.80 Å². The van der Waals surface area contributed by atoms with Gasteiger partial charge in [0.1, 0.15) is 24.3 Å². The van der Waals surface area contributed by atoms with Crippen LogP contribution < -0.4 is 9.80 Å². The van der Waals surface area contributed by atoms with Gasteiger partial charge >= 0.3 is 0 Å². The predicted octanol–water partition coefficient (Wildman–Crippen LogP) is 7.97. The lowest BCUT2D eigenvalue weighted by atomic mass is 10.1. The molecule has 4 aromatic heterocycles. The van der Waals surface area contributed by atoms with Crippen molar-refractivity contribution in [3.8, 4) is 24.3 Å². The highest BCUT2D eigenvalue weighted by atomic mass is 32.1. The van der Waals surface area contributed by atoms with Crippen LogP contribution in [-0.2, 0) is 19.5 Å². The fraction of sp³-hybridized carbons (Fsp3) is 0.371. The van der Waals surface area contributed by atoms with Crippen LogP contribution in [0.1, 0.15) is 79.9 Å². The monoisotopic (exact) mass is 744 g/mol. The summed E-state index contributed by atoms with van der Waals surface area (Å²) in [5.41, 5.74) is 2.87. The Hall–Kier alpha value is -6.34. The van der Waals surface area contributed by atoms with Crippen LogP contribution in [0.3, 0.4) is 0 Å². The Labute approximate surface area is 315 Å². The van der Waals surface area contributed by atoms with Gasteiger partial charge in [-0.2, -0.15) is 31.0 Å². The first kappa shape index (κ1) is 37.9. The molecule has 268 valence electrons. The molecule has 0 amide bonds. The van der Waals surface area contributed by atoms with Crippen molar-refractivity contribution in [1.29, 1.82) is 21.0 Å². The minimum atomic E-state index is -0.0785. The minimum Gasteiger partial charge on any atom is -0.349 e. The van der Waals surface area contributed by atoms with Crippen molar-refractivity contribution >= 4 is 54.8 Å². The number of imidazole rings is 2. The van der Waals surface area contributed by atoms with E-state index in [-0.39, 0.29) is 47.8 Å². The number of anilines is 2. The third-order valence-electron chi connectivity index (χ3n) is 8.38. The summed E-state index contributed by atoms with van der Waals surface area (Å²) in [5.74, 6) is 0.158. The number of rotatable bonds is 15. The van der Waals surface area contributed by atoms with Crippen LogP contribution in [0, 0.1) is 52.2 Å². The molecule has 5 aromatic rings. The fourth-order valence-electron chi connectivity index (χ4n) is 5.47. The number of aryl methyl sites for hydroxylation is 2. The van der Waals surface area contributed by atoms with Gasteiger partial charge in [0.15, 0.2) is 43.0 Å². The van der Waals surface area contributed by atoms with Crippen molar-refractivity contribution in [3.63, 3.8) is 0 Å². The Morgan fingerprint density at radius 2 is 1.08 bits per heavy atom. The number of nitrogens with zero attached hydrogens (tertiary/aromatic N) is 16. The number of azo groups is 2. The first-order chi connectivity index (χ1) is 25.8. The first-order valence-corrected chi connectivity index (χ1v) is 18.6. The third kappa shape index (κ3) is 7.95. The standard InChI is InChI=1S/C35H36N16S2/c1-7-25-31(53-35(43-25)49(10-4)11-5)45-47-33-42-27(17-37)29(19-39)51(33)21-24-15-13-12-14-23(24)20-50-28(18-38)26(16-36)41-32(50)46-44-30-22(6)40-34(52-30)48(8-2)9-3/h12-15H,7-11,20-21H2,1-6H3. The highest BCUT2D eigenvalue weighted by Gasteiger charge is 2.22. The lowest BCUT2D eigenvalue weighted by Gasteiger charge is -2.16. The normalized spacial score (nSPS) is 11.1. The summed E-state index contributed by atoms with van der Waals surface area (Å²) in [7, 11) is 0. The molecule has 0 fully saturated rings. The summed E-state index contributed by atoms with van der Waals surface area (Å²) in [6.45, 7) is 15.5. The molecule has 16 nitrogen and oxygen atoms in total. The van der Waals surface area contributed by atoms with Gasteiger partial charge in [0.25, 0.3) is 11.9 Å². The zero-order chi connectivity index (χ0) is 38.1. The molecule has 0 N–H and O–H groups in total. The van der Waals surface area contributed by atoms with Crippen LogP contribution in [0.4, 0.5) is 32.2 Å². The van der Waals surface area contributed by atoms with Gasteiger partial charge in [-0.1, -0.05) is 53.9 Å². The summed E-state index contributed by atoms with van der Waals surface area (Å²) >= 11 is 2.82. The summed E-state index contributed by atoms with van der Waals surface area (Å²) in [4.78, 5) is 22.3. The summed E-state index contributed by atoms with van der Waals surface area (Å²) in [5, 5.41) is 60.5. The highest BCUT2D eigenvalue weighted by Crippen LogP contribution is 2.36. The van der Waals surface area contributed by atoms with E-state index < -0.39 is 0 Å². The Morgan fingerprint density at radius 1 is 0.623 bits per heavy atom. The minimum absolute atomic E-state index is 0.0306. The Bertz CT molecular complexity index is 2320. The van der Waals surface area contributed by atoms with E-state index in [2.05, 4.69) is 85.0 Å². The second-order valence-corrected chi connectivity index (χ2v) is 13.3. The van der Waals surface area contributed by atoms with Crippen molar-refractivity contribution < 1.29 is 0 Å². The molecular weight excluding hydrogens is 709 g/mol. The largest absolute Gasteiger partial charge is 0.349 e. The van der Waals surface area contributed by atoms with Gasteiger partial charge in [-0.3, -0.25) is 9.13 Å². The van der Waals surface area contributed by atoms with Crippen molar-refractivity contribution in [2.45, 2.75) is 61.1 Å². The van der Waals surface area contributed by atoms with Gasteiger partial charge in [0, 0.05) is 26.2 Å². The van der Waals surface area contributed by atoms with E-state index in [1.165, 1.54) is 27.2 Å². The van der Waals surface area contributed by atoms with Gasteiger partial charge in [0.05, 0.1) is 24.5 Å². The van der Waals surface area contributed by atoms with Crippen LogP contribution in [0.5, 0.6) is 0 Å². The van der Waals surface area contributed by atoms with Crippen molar-refractivity contribution in [3.05, 3.63) is 69.6 Å².